The zero-order valence-corrected chi connectivity index (χ0v) is 13.0. The Labute approximate surface area is 134 Å². The number of hydrogen-bond acceptors (Lipinski definition) is 3. The van der Waals surface area contributed by atoms with Gasteiger partial charge in [-0.25, -0.2) is 4.39 Å². The number of benzene rings is 1. The molecule has 1 atom stereocenters. The molecule has 1 unspecified atom stereocenters. The summed E-state index contributed by atoms with van der Waals surface area (Å²) in [6.45, 7) is 2.29. The van der Waals surface area contributed by atoms with E-state index in [0.717, 1.165) is 31.4 Å². The van der Waals surface area contributed by atoms with Gasteiger partial charge in [-0.2, -0.15) is 0 Å². The van der Waals surface area contributed by atoms with Crippen LogP contribution in [0.25, 0.3) is 0 Å². The van der Waals surface area contributed by atoms with Crippen molar-refractivity contribution in [1.29, 1.82) is 0 Å². The van der Waals surface area contributed by atoms with Gasteiger partial charge in [0, 0.05) is 19.6 Å². The molecule has 1 aromatic carbocycles. The minimum Gasteiger partial charge on any atom is -0.480 e. The Morgan fingerprint density at radius 3 is 2.87 bits per heavy atom. The summed E-state index contributed by atoms with van der Waals surface area (Å²) in [6.07, 6.45) is 2.39. The first-order chi connectivity index (χ1) is 11.0. The van der Waals surface area contributed by atoms with Crippen LogP contribution in [0.3, 0.4) is 0 Å². The highest BCUT2D eigenvalue weighted by molar-refractivity contribution is 5.85. The van der Waals surface area contributed by atoms with E-state index in [2.05, 4.69) is 0 Å². The van der Waals surface area contributed by atoms with Gasteiger partial charge in [0.1, 0.15) is 5.82 Å². The van der Waals surface area contributed by atoms with Crippen LogP contribution in [-0.4, -0.2) is 53.0 Å². The summed E-state index contributed by atoms with van der Waals surface area (Å²) in [5, 5.41) is 8.96. The molecule has 0 aliphatic carbocycles. The lowest BCUT2D eigenvalue weighted by Gasteiger charge is -2.38. The maximum atomic E-state index is 13.3. The van der Waals surface area contributed by atoms with E-state index in [1.807, 2.05) is 11.0 Å². The maximum Gasteiger partial charge on any atom is 0.317 e. The number of halogens is 1. The molecule has 2 aliphatic heterocycles. The number of nitrogens with zero attached hydrogens (tertiary/aromatic N) is 2. The van der Waals surface area contributed by atoms with E-state index in [-0.39, 0.29) is 18.3 Å². The van der Waals surface area contributed by atoms with Crippen molar-refractivity contribution in [2.75, 3.05) is 26.2 Å². The van der Waals surface area contributed by atoms with Crippen molar-refractivity contribution in [2.24, 2.45) is 5.41 Å². The minimum atomic E-state index is -0.857. The monoisotopic (exact) mass is 320 g/mol. The van der Waals surface area contributed by atoms with Crippen LogP contribution in [0.5, 0.6) is 0 Å². The summed E-state index contributed by atoms with van der Waals surface area (Å²) in [4.78, 5) is 27.4. The summed E-state index contributed by atoms with van der Waals surface area (Å²) in [6, 6.07) is 6.31. The van der Waals surface area contributed by atoms with E-state index >= 15 is 0 Å². The summed E-state index contributed by atoms with van der Waals surface area (Å²) >= 11 is 0. The second kappa shape index (κ2) is 6.28. The van der Waals surface area contributed by atoms with Crippen molar-refractivity contribution in [1.82, 2.24) is 9.80 Å². The Bertz CT molecular complexity index is 622. The lowest BCUT2D eigenvalue weighted by Crippen LogP contribution is -2.49. The van der Waals surface area contributed by atoms with Gasteiger partial charge in [0.15, 0.2) is 0 Å². The summed E-state index contributed by atoms with van der Waals surface area (Å²) in [5.74, 6) is -1.07. The number of likely N-dealkylation sites (tertiary alicyclic amines) is 2. The van der Waals surface area contributed by atoms with Crippen molar-refractivity contribution >= 4 is 11.9 Å². The van der Waals surface area contributed by atoms with E-state index in [9.17, 15) is 14.0 Å². The van der Waals surface area contributed by atoms with Crippen molar-refractivity contribution in [3.8, 4) is 0 Å². The molecule has 1 aromatic rings. The van der Waals surface area contributed by atoms with Crippen LogP contribution in [0.1, 0.15) is 24.8 Å². The lowest BCUT2D eigenvalue weighted by atomic mass is 9.78. The van der Waals surface area contributed by atoms with Gasteiger partial charge in [-0.15, -0.1) is 0 Å². The van der Waals surface area contributed by atoms with Gasteiger partial charge in [-0.1, -0.05) is 12.1 Å². The molecule has 5 nitrogen and oxygen atoms in total. The predicted octanol–water partition coefficient (Wildman–Crippen LogP) is 1.72. The molecule has 3 rings (SSSR count). The summed E-state index contributed by atoms with van der Waals surface area (Å²) in [7, 11) is 0. The average Bonchev–Trinajstić information content (AvgIpc) is 2.76. The third-order valence-electron chi connectivity index (χ3n) is 4.88. The Balaban J connectivity index is 1.69. The molecule has 2 heterocycles. The number of amides is 1. The van der Waals surface area contributed by atoms with Crippen LogP contribution in [-0.2, 0) is 16.1 Å². The first-order valence-electron chi connectivity index (χ1n) is 7.96. The van der Waals surface area contributed by atoms with Gasteiger partial charge in [0.25, 0.3) is 0 Å². The second-order valence-electron chi connectivity index (χ2n) is 6.59. The molecule has 0 saturated carbocycles. The Kier molecular flexibility index (Phi) is 4.35. The fourth-order valence-electron chi connectivity index (χ4n) is 3.83. The second-order valence-corrected chi connectivity index (χ2v) is 6.59. The summed E-state index contributed by atoms with van der Waals surface area (Å²) < 4.78 is 13.3. The maximum absolute atomic E-state index is 13.3. The van der Waals surface area contributed by atoms with Crippen LogP contribution in [0, 0.1) is 11.2 Å². The lowest BCUT2D eigenvalue weighted by molar-refractivity contribution is -0.144. The number of carbonyl (C=O) groups is 2. The van der Waals surface area contributed by atoms with Gasteiger partial charge >= 0.3 is 5.97 Å². The van der Waals surface area contributed by atoms with Crippen molar-refractivity contribution in [3.63, 3.8) is 0 Å². The first kappa shape index (κ1) is 15.9. The smallest absolute Gasteiger partial charge is 0.317 e. The molecule has 2 saturated heterocycles. The Morgan fingerprint density at radius 1 is 1.30 bits per heavy atom. The SMILES string of the molecule is O=C(O)CN1CCCC2(CCN(Cc3cccc(F)c3)C2=O)C1. The van der Waals surface area contributed by atoms with Gasteiger partial charge in [-0.3, -0.25) is 14.5 Å². The fraction of sp³-hybridized carbons (Fsp3) is 0.529. The van der Waals surface area contributed by atoms with E-state index in [1.54, 1.807) is 11.0 Å². The Morgan fingerprint density at radius 2 is 2.13 bits per heavy atom. The zero-order valence-electron chi connectivity index (χ0n) is 13.0. The van der Waals surface area contributed by atoms with E-state index in [4.69, 9.17) is 5.11 Å². The number of piperidine rings is 1. The highest BCUT2D eigenvalue weighted by Gasteiger charge is 2.48. The van der Waals surface area contributed by atoms with Gasteiger partial charge < -0.3 is 10.0 Å². The van der Waals surface area contributed by atoms with Crippen LogP contribution >= 0.6 is 0 Å². The van der Waals surface area contributed by atoms with Gasteiger partial charge in [-0.05, 0) is 43.5 Å². The van der Waals surface area contributed by atoms with E-state index in [1.165, 1.54) is 12.1 Å². The zero-order chi connectivity index (χ0) is 16.4. The molecule has 23 heavy (non-hydrogen) atoms. The van der Waals surface area contributed by atoms with Gasteiger partial charge in [0.05, 0.1) is 12.0 Å². The molecule has 0 aromatic heterocycles. The van der Waals surface area contributed by atoms with E-state index in [0.29, 0.717) is 19.6 Å². The van der Waals surface area contributed by atoms with Crippen LogP contribution in [0.4, 0.5) is 4.39 Å². The molecule has 2 aliphatic rings. The normalized spacial score (nSPS) is 25.3. The van der Waals surface area contributed by atoms with Crippen molar-refractivity contribution in [2.45, 2.75) is 25.8 Å². The number of hydrogen-bond donors (Lipinski definition) is 1. The van der Waals surface area contributed by atoms with E-state index < -0.39 is 11.4 Å². The van der Waals surface area contributed by atoms with Crippen LogP contribution in [0.2, 0.25) is 0 Å². The molecular formula is C17H21FN2O3. The molecular weight excluding hydrogens is 299 g/mol. The third kappa shape index (κ3) is 3.37. The molecule has 1 spiro atoms. The Hall–Kier alpha value is -1.95. The standard InChI is InChI=1S/C17H21FN2O3/c18-14-4-1-3-13(9-14)10-20-8-6-17(16(20)23)5-2-7-19(12-17)11-15(21)22/h1,3-4,9H,2,5-8,10-12H2,(H,21,22). The summed E-state index contributed by atoms with van der Waals surface area (Å²) in [5.41, 5.74) is 0.328. The quantitative estimate of drug-likeness (QED) is 0.918. The number of rotatable bonds is 4. The number of aliphatic carboxylic acids is 1. The minimum absolute atomic E-state index is 0.0150. The highest BCUT2D eigenvalue weighted by atomic mass is 19.1. The predicted molar refractivity (Wildman–Crippen MR) is 82.2 cm³/mol. The fourth-order valence-corrected chi connectivity index (χ4v) is 3.83. The van der Waals surface area contributed by atoms with Gasteiger partial charge in [0.2, 0.25) is 5.91 Å². The molecule has 1 N–H and O–H groups in total. The molecule has 0 bridgehead atoms. The van der Waals surface area contributed by atoms with Crippen molar-refractivity contribution in [3.05, 3.63) is 35.6 Å². The molecule has 2 fully saturated rings. The topological polar surface area (TPSA) is 60.9 Å². The molecule has 124 valence electrons. The molecule has 1 amide bonds. The highest BCUT2D eigenvalue weighted by Crippen LogP contribution is 2.40. The number of carbonyl (C=O) groups excluding carboxylic acids is 1. The first-order valence-corrected chi connectivity index (χ1v) is 7.96. The number of carboxylic acids is 1. The third-order valence-corrected chi connectivity index (χ3v) is 4.88. The average molecular weight is 320 g/mol. The van der Waals surface area contributed by atoms with Crippen LogP contribution in [0.15, 0.2) is 24.3 Å². The van der Waals surface area contributed by atoms with Crippen molar-refractivity contribution < 1.29 is 19.1 Å². The molecule has 6 heteroatoms. The van der Waals surface area contributed by atoms with Crippen LogP contribution < -0.4 is 0 Å². The largest absolute Gasteiger partial charge is 0.480 e. The number of carboxylic acid groups (broad SMARTS) is 1. The molecule has 0 radical (unpaired) electrons.